The number of rotatable bonds is 3. The van der Waals surface area contributed by atoms with Gasteiger partial charge in [0, 0.05) is 5.41 Å². The van der Waals surface area contributed by atoms with E-state index in [0.29, 0.717) is 0 Å². The highest BCUT2D eigenvalue weighted by Crippen LogP contribution is 2.48. The van der Waals surface area contributed by atoms with E-state index in [2.05, 4.69) is 90.1 Å². The molecule has 124 valence electrons. The zero-order chi connectivity index (χ0) is 17.5. The van der Waals surface area contributed by atoms with Crippen molar-refractivity contribution < 1.29 is 0 Å². The van der Waals surface area contributed by atoms with Gasteiger partial charge in [-0.3, -0.25) is 0 Å². The first-order chi connectivity index (χ1) is 11.3. The lowest BCUT2D eigenvalue weighted by Gasteiger charge is -2.32. The Morgan fingerprint density at radius 3 is 1.92 bits per heavy atom. The molecule has 0 saturated heterocycles. The monoisotopic (exact) mass is 332 g/mol. The van der Waals surface area contributed by atoms with E-state index in [1.54, 1.807) is 5.20 Å². The Bertz CT molecular complexity index is 819. The molecule has 0 nitrogen and oxygen atoms in total. The second kappa shape index (κ2) is 6.21. The van der Waals surface area contributed by atoms with Crippen molar-refractivity contribution in [2.45, 2.75) is 47.0 Å². The lowest BCUT2D eigenvalue weighted by atomic mass is 9.77. The van der Waals surface area contributed by atoms with E-state index in [0.717, 1.165) is 0 Å². The van der Waals surface area contributed by atoms with Crippen molar-refractivity contribution in [1.82, 2.24) is 0 Å². The quantitative estimate of drug-likeness (QED) is 0.716. The van der Waals surface area contributed by atoms with Crippen molar-refractivity contribution in [1.29, 1.82) is 0 Å². The fourth-order valence-corrected chi connectivity index (χ4v) is 6.52. The van der Waals surface area contributed by atoms with Gasteiger partial charge in [-0.1, -0.05) is 81.2 Å². The van der Waals surface area contributed by atoms with Gasteiger partial charge in [-0.25, -0.2) is 0 Å². The molecule has 2 aromatic carbocycles. The predicted molar refractivity (Wildman–Crippen MR) is 109 cm³/mol. The molecule has 0 amide bonds. The zero-order valence-electron chi connectivity index (χ0n) is 15.8. The summed E-state index contributed by atoms with van der Waals surface area (Å²) in [5.41, 5.74) is 8.81. The molecule has 0 heterocycles. The van der Waals surface area contributed by atoms with E-state index in [4.69, 9.17) is 0 Å². The predicted octanol–water partition coefficient (Wildman–Crippen LogP) is 4.68. The van der Waals surface area contributed by atoms with Gasteiger partial charge >= 0.3 is 0 Å². The second-order valence-electron chi connectivity index (χ2n) is 7.52. The van der Waals surface area contributed by atoms with Crippen LogP contribution in [0.25, 0.3) is 0 Å². The summed E-state index contributed by atoms with van der Waals surface area (Å²) in [5.74, 6) is 0. The molecule has 2 aromatic rings. The molecule has 3 rings (SSSR count). The average molecular weight is 333 g/mol. The first-order valence-corrected chi connectivity index (χ1v) is 10.3. The molecule has 0 spiro atoms. The van der Waals surface area contributed by atoms with E-state index >= 15 is 0 Å². The van der Waals surface area contributed by atoms with Crippen LogP contribution >= 0.6 is 0 Å². The van der Waals surface area contributed by atoms with Gasteiger partial charge in [0.25, 0.3) is 0 Å². The number of hydrogen-bond donors (Lipinski definition) is 0. The van der Waals surface area contributed by atoms with Gasteiger partial charge in [0.2, 0.25) is 0 Å². The lowest BCUT2D eigenvalue weighted by molar-refractivity contribution is 0.695. The summed E-state index contributed by atoms with van der Waals surface area (Å²) in [6, 6.07) is 18.1. The molecule has 1 heteroatoms. The Kier molecular flexibility index (Phi) is 4.40. The van der Waals surface area contributed by atoms with Gasteiger partial charge < -0.3 is 0 Å². The van der Waals surface area contributed by atoms with Crippen molar-refractivity contribution in [2.75, 3.05) is 0 Å². The topological polar surface area (TPSA) is 0 Å². The number of aryl methyl sites for hydroxylation is 2. The summed E-state index contributed by atoms with van der Waals surface area (Å²) in [7, 11) is -0.481. The third-order valence-corrected chi connectivity index (χ3v) is 8.42. The van der Waals surface area contributed by atoms with Gasteiger partial charge in [0.1, 0.15) is 0 Å². The van der Waals surface area contributed by atoms with Crippen molar-refractivity contribution in [3.63, 3.8) is 0 Å². The highest BCUT2D eigenvalue weighted by molar-refractivity contribution is 6.62. The molecule has 0 saturated carbocycles. The molecule has 0 aromatic heterocycles. The van der Waals surface area contributed by atoms with Crippen LogP contribution in [0.3, 0.4) is 0 Å². The van der Waals surface area contributed by atoms with E-state index in [1.807, 2.05) is 0 Å². The summed E-state index contributed by atoms with van der Waals surface area (Å²) in [6.07, 6.45) is 0. The molecule has 1 aliphatic carbocycles. The number of allylic oxidation sites excluding steroid dienone is 4. The molecular formula is C23H28Si. The van der Waals surface area contributed by atoms with Gasteiger partial charge in [0.05, 0.1) is 9.52 Å². The number of benzene rings is 2. The van der Waals surface area contributed by atoms with Crippen LogP contribution < -0.4 is 5.19 Å². The third kappa shape index (κ3) is 2.71. The van der Waals surface area contributed by atoms with Crippen LogP contribution in [0.1, 0.15) is 44.4 Å². The summed E-state index contributed by atoms with van der Waals surface area (Å²) in [6.45, 7) is 13.8. The molecule has 0 radical (unpaired) electrons. The van der Waals surface area contributed by atoms with Gasteiger partial charge in [-0.05, 0) is 52.7 Å². The zero-order valence-corrected chi connectivity index (χ0v) is 17.2. The Labute approximate surface area is 149 Å². The average Bonchev–Trinajstić information content (AvgIpc) is 2.71. The van der Waals surface area contributed by atoms with E-state index in [-0.39, 0.29) is 5.41 Å². The maximum Gasteiger partial charge on any atom is 0.0843 e. The minimum Gasteiger partial charge on any atom is -0.0656 e. The standard InChI is InChI=1S/C23H28Si/c1-15-12-16(2)14-20(13-15)23(6)19(5)17(3)18(4)22(23)24-21-10-8-7-9-11-21/h7-14H,24H2,1-6H3. The molecular weight excluding hydrogens is 304 g/mol. The van der Waals surface area contributed by atoms with Crippen molar-refractivity contribution in [3.05, 3.63) is 87.1 Å². The van der Waals surface area contributed by atoms with E-state index in [9.17, 15) is 0 Å². The van der Waals surface area contributed by atoms with Crippen molar-refractivity contribution in [3.8, 4) is 0 Å². The van der Waals surface area contributed by atoms with Crippen molar-refractivity contribution >= 4 is 14.7 Å². The van der Waals surface area contributed by atoms with Crippen LogP contribution in [-0.2, 0) is 5.41 Å². The molecule has 0 bridgehead atoms. The Morgan fingerprint density at radius 2 is 1.33 bits per heavy atom. The smallest absolute Gasteiger partial charge is 0.0656 e. The fraction of sp³-hybridized carbons (Fsp3) is 0.304. The van der Waals surface area contributed by atoms with Gasteiger partial charge in [-0.15, -0.1) is 0 Å². The molecule has 0 N–H and O–H groups in total. The maximum absolute atomic E-state index is 2.45. The summed E-state index contributed by atoms with van der Waals surface area (Å²) >= 11 is 0. The third-order valence-electron chi connectivity index (χ3n) is 5.95. The van der Waals surface area contributed by atoms with E-state index in [1.165, 1.54) is 38.6 Å². The summed E-state index contributed by atoms with van der Waals surface area (Å²) in [4.78, 5) is 0. The Hall–Kier alpha value is -1.86. The largest absolute Gasteiger partial charge is 0.0843 e. The molecule has 24 heavy (non-hydrogen) atoms. The normalized spacial score (nSPS) is 21.4. The Morgan fingerprint density at radius 1 is 0.750 bits per heavy atom. The minimum atomic E-state index is -0.481. The molecule has 1 unspecified atom stereocenters. The van der Waals surface area contributed by atoms with Crippen LogP contribution in [0.4, 0.5) is 0 Å². The van der Waals surface area contributed by atoms with Crippen molar-refractivity contribution in [2.24, 2.45) is 0 Å². The maximum atomic E-state index is 2.45. The molecule has 1 aliphatic rings. The molecule has 0 aliphatic heterocycles. The summed E-state index contributed by atoms with van der Waals surface area (Å²) in [5, 5.41) is 3.22. The van der Waals surface area contributed by atoms with Crippen LogP contribution in [0.2, 0.25) is 0 Å². The highest BCUT2D eigenvalue weighted by Gasteiger charge is 2.39. The van der Waals surface area contributed by atoms with Crippen LogP contribution in [0.15, 0.2) is 70.4 Å². The SMILES string of the molecule is CC1=C(C)C(C)(c2cc(C)cc(C)c2)C([SiH2]c2ccccc2)=C1C. The first kappa shape index (κ1) is 17.0. The van der Waals surface area contributed by atoms with Crippen LogP contribution in [0, 0.1) is 13.8 Å². The first-order valence-electron chi connectivity index (χ1n) is 8.85. The van der Waals surface area contributed by atoms with Crippen LogP contribution in [-0.4, -0.2) is 9.52 Å². The molecule has 1 atom stereocenters. The summed E-state index contributed by atoms with van der Waals surface area (Å²) < 4.78 is 0. The number of hydrogen-bond acceptors (Lipinski definition) is 0. The van der Waals surface area contributed by atoms with E-state index < -0.39 is 9.52 Å². The lowest BCUT2D eigenvalue weighted by Crippen LogP contribution is -2.32. The van der Waals surface area contributed by atoms with Gasteiger partial charge in [-0.2, -0.15) is 0 Å². The second-order valence-corrected chi connectivity index (χ2v) is 9.39. The van der Waals surface area contributed by atoms with Crippen LogP contribution in [0.5, 0.6) is 0 Å². The van der Waals surface area contributed by atoms with Gasteiger partial charge in [0.15, 0.2) is 0 Å². The highest BCUT2D eigenvalue weighted by atomic mass is 28.2. The fourth-order valence-electron chi connectivity index (χ4n) is 4.25. The molecule has 0 fully saturated rings. The minimum absolute atomic E-state index is 0.0625. The Balaban J connectivity index is 2.15.